The molecule has 1 aromatic carbocycles. The van der Waals surface area contributed by atoms with Crippen LogP contribution in [0.4, 0.5) is 0 Å². The molecule has 0 saturated heterocycles. The maximum atomic E-state index is 12.0. The molecular weight excluding hydrogens is 320 g/mol. The second kappa shape index (κ2) is 8.21. The number of hydrogen-bond acceptors (Lipinski definition) is 6. The van der Waals surface area contributed by atoms with Crippen LogP contribution in [-0.4, -0.2) is 40.8 Å². The maximum Gasteiger partial charge on any atom is 0.342 e. The average Bonchev–Trinajstić information content (AvgIpc) is 2.43. The largest absolute Gasteiger partial charge is 0.493 e. The van der Waals surface area contributed by atoms with Crippen LogP contribution < -0.4 is 4.74 Å². The Kier molecular flexibility index (Phi) is 6.94. The van der Waals surface area contributed by atoms with Gasteiger partial charge in [-0.3, -0.25) is 0 Å². The first kappa shape index (κ1) is 17.7. The fraction of sp³-hybridized carbons (Fsp3) is 0.462. The van der Waals surface area contributed by atoms with E-state index in [1.807, 2.05) is 6.92 Å². The van der Waals surface area contributed by atoms with E-state index in [4.69, 9.17) is 24.9 Å². The zero-order valence-corrected chi connectivity index (χ0v) is 13.4. The molecule has 0 radical (unpaired) electrons. The minimum atomic E-state index is -3.94. The average molecular weight is 337 g/mol. The minimum absolute atomic E-state index is 0.00933. The van der Waals surface area contributed by atoms with E-state index in [0.717, 1.165) is 6.07 Å². The quantitative estimate of drug-likeness (QED) is 0.411. The van der Waals surface area contributed by atoms with Gasteiger partial charge in [0.05, 0.1) is 18.1 Å². The molecule has 0 fully saturated rings. The van der Waals surface area contributed by atoms with Crippen molar-refractivity contribution in [2.45, 2.75) is 18.7 Å². The summed E-state index contributed by atoms with van der Waals surface area (Å²) < 4.78 is 38.0. The molecule has 1 rings (SSSR count). The van der Waals surface area contributed by atoms with Crippen molar-refractivity contribution in [3.8, 4) is 5.75 Å². The lowest BCUT2D eigenvalue weighted by atomic mass is 10.2. The van der Waals surface area contributed by atoms with Crippen molar-refractivity contribution in [3.05, 3.63) is 23.8 Å². The van der Waals surface area contributed by atoms with Crippen molar-refractivity contribution >= 4 is 25.7 Å². The summed E-state index contributed by atoms with van der Waals surface area (Å²) in [5.41, 5.74) is 0.00933. The van der Waals surface area contributed by atoms with E-state index in [2.05, 4.69) is 0 Å². The van der Waals surface area contributed by atoms with Gasteiger partial charge in [0, 0.05) is 17.3 Å². The fourth-order valence-corrected chi connectivity index (χ4v) is 2.29. The number of esters is 1. The first-order chi connectivity index (χ1) is 9.90. The standard InChI is InChI=1S/C13H17ClO6S/c1-3-18-7-8-20-13(15)11-9-10(21(14,16)17)5-6-12(11)19-4-2/h5-6,9H,3-4,7-8H2,1-2H3. The molecule has 8 heteroatoms. The van der Waals surface area contributed by atoms with Crippen molar-refractivity contribution in [3.63, 3.8) is 0 Å². The van der Waals surface area contributed by atoms with Crippen molar-refractivity contribution in [2.24, 2.45) is 0 Å². The molecule has 0 aromatic heterocycles. The molecule has 0 bridgehead atoms. The summed E-state index contributed by atoms with van der Waals surface area (Å²) in [5, 5.41) is 0. The van der Waals surface area contributed by atoms with Gasteiger partial charge < -0.3 is 14.2 Å². The molecule has 0 heterocycles. The molecule has 0 aliphatic carbocycles. The monoisotopic (exact) mass is 336 g/mol. The summed E-state index contributed by atoms with van der Waals surface area (Å²) >= 11 is 0. The molecule has 6 nitrogen and oxygen atoms in total. The number of hydrogen-bond donors (Lipinski definition) is 0. The third kappa shape index (κ3) is 5.53. The Balaban J connectivity index is 2.97. The van der Waals surface area contributed by atoms with Gasteiger partial charge >= 0.3 is 5.97 Å². The fourth-order valence-electron chi connectivity index (χ4n) is 1.52. The molecule has 1 aromatic rings. The number of rotatable bonds is 8. The Morgan fingerprint density at radius 1 is 1.19 bits per heavy atom. The zero-order chi connectivity index (χ0) is 15.9. The summed E-state index contributed by atoms with van der Waals surface area (Å²) in [5.74, 6) is -0.455. The highest BCUT2D eigenvalue weighted by atomic mass is 35.7. The van der Waals surface area contributed by atoms with Gasteiger partial charge in [0.25, 0.3) is 9.05 Å². The predicted octanol–water partition coefficient (Wildman–Crippen LogP) is 2.21. The number of carbonyl (C=O) groups is 1. The van der Waals surface area contributed by atoms with Crippen LogP contribution in [0.1, 0.15) is 24.2 Å². The van der Waals surface area contributed by atoms with Crippen LogP contribution in [0.15, 0.2) is 23.1 Å². The normalized spacial score (nSPS) is 11.2. The van der Waals surface area contributed by atoms with E-state index in [0.29, 0.717) is 13.2 Å². The van der Waals surface area contributed by atoms with Crippen LogP contribution in [0.25, 0.3) is 0 Å². The highest BCUT2D eigenvalue weighted by Crippen LogP contribution is 2.25. The lowest BCUT2D eigenvalue weighted by Crippen LogP contribution is -2.13. The van der Waals surface area contributed by atoms with Gasteiger partial charge in [-0.25, -0.2) is 13.2 Å². The molecule has 21 heavy (non-hydrogen) atoms. The second-order valence-electron chi connectivity index (χ2n) is 3.86. The van der Waals surface area contributed by atoms with Crippen LogP contribution >= 0.6 is 10.7 Å². The highest BCUT2D eigenvalue weighted by molar-refractivity contribution is 8.13. The van der Waals surface area contributed by atoms with Gasteiger partial charge in [-0.2, -0.15) is 0 Å². The Morgan fingerprint density at radius 3 is 2.48 bits per heavy atom. The summed E-state index contributed by atoms with van der Waals surface area (Å²) in [6.45, 7) is 4.74. The molecule has 0 atom stereocenters. The molecular formula is C13H17ClO6S. The molecule has 0 amide bonds. The van der Waals surface area contributed by atoms with Gasteiger partial charge in [-0.1, -0.05) is 0 Å². The van der Waals surface area contributed by atoms with Crippen molar-refractivity contribution < 1.29 is 27.4 Å². The van der Waals surface area contributed by atoms with E-state index < -0.39 is 15.0 Å². The zero-order valence-electron chi connectivity index (χ0n) is 11.8. The van der Waals surface area contributed by atoms with E-state index in [9.17, 15) is 13.2 Å². The number of ether oxygens (including phenoxy) is 3. The molecule has 0 spiro atoms. The van der Waals surface area contributed by atoms with Gasteiger partial charge in [0.1, 0.15) is 17.9 Å². The highest BCUT2D eigenvalue weighted by Gasteiger charge is 2.19. The maximum absolute atomic E-state index is 12.0. The molecule has 0 saturated carbocycles. The van der Waals surface area contributed by atoms with E-state index >= 15 is 0 Å². The Hall–Kier alpha value is -1.31. The molecule has 0 unspecified atom stereocenters. The molecule has 0 aliphatic rings. The van der Waals surface area contributed by atoms with Crippen LogP contribution in [-0.2, 0) is 18.5 Å². The first-order valence-corrected chi connectivity index (χ1v) is 8.67. The molecule has 118 valence electrons. The lowest BCUT2D eigenvalue weighted by molar-refractivity contribution is 0.0331. The second-order valence-corrected chi connectivity index (χ2v) is 6.43. The van der Waals surface area contributed by atoms with Gasteiger partial charge in [-0.15, -0.1) is 0 Å². The van der Waals surface area contributed by atoms with Crippen molar-refractivity contribution in [1.29, 1.82) is 0 Å². The number of benzene rings is 1. The van der Waals surface area contributed by atoms with Gasteiger partial charge in [-0.05, 0) is 32.0 Å². The van der Waals surface area contributed by atoms with Gasteiger partial charge in [0.2, 0.25) is 0 Å². The predicted molar refractivity (Wildman–Crippen MR) is 77.4 cm³/mol. The van der Waals surface area contributed by atoms with Crippen molar-refractivity contribution in [2.75, 3.05) is 26.4 Å². The lowest BCUT2D eigenvalue weighted by Gasteiger charge is -2.11. The van der Waals surface area contributed by atoms with Crippen LogP contribution in [0.5, 0.6) is 5.75 Å². The van der Waals surface area contributed by atoms with Crippen molar-refractivity contribution in [1.82, 2.24) is 0 Å². The minimum Gasteiger partial charge on any atom is -0.493 e. The summed E-state index contributed by atoms with van der Waals surface area (Å²) in [7, 11) is 1.33. The van der Waals surface area contributed by atoms with Gasteiger partial charge in [0.15, 0.2) is 0 Å². The topological polar surface area (TPSA) is 78.9 Å². The third-order valence-electron chi connectivity index (χ3n) is 2.42. The van der Waals surface area contributed by atoms with Crippen LogP contribution in [0, 0.1) is 0 Å². The van der Waals surface area contributed by atoms with E-state index in [1.165, 1.54) is 12.1 Å². The van der Waals surface area contributed by atoms with E-state index in [-0.39, 0.29) is 29.4 Å². The summed E-state index contributed by atoms with van der Waals surface area (Å²) in [6, 6.07) is 3.78. The van der Waals surface area contributed by atoms with E-state index in [1.54, 1.807) is 6.92 Å². The Labute approximate surface area is 128 Å². The first-order valence-electron chi connectivity index (χ1n) is 6.36. The molecule has 0 N–H and O–H groups in total. The SMILES string of the molecule is CCOCCOC(=O)c1cc(S(=O)(=O)Cl)ccc1OCC. The molecule has 0 aliphatic heterocycles. The summed E-state index contributed by atoms with van der Waals surface area (Å²) in [4.78, 5) is 11.8. The van der Waals surface area contributed by atoms with Crippen LogP contribution in [0.2, 0.25) is 0 Å². The smallest absolute Gasteiger partial charge is 0.342 e. The number of carbonyl (C=O) groups excluding carboxylic acids is 1. The van der Waals surface area contributed by atoms with Crippen LogP contribution in [0.3, 0.4) is 0 Å². The third-order valence-corrected chi connectivity index (χ3v) is 3.77. The Morgan fingerprint density at radius 2 is 1.90 bits per heavy atom. The Bertz CT molecular complexity index is 584. The summed E-state index contributed by atoms with van der Waals surface area (Å²) in [6.07, 6.45) is 0. The number of halogens is 1.